The molecular formula is C18H24N2O4. The highest BCUT2D eigenvalue weighted by molar-refractivity contribution is 5.76. The van der Waals surface area contributed by atoms with Gasteiger partial charge >= 0.3 is 12.0 Å². The Bertz CT molecular complexity index is 590. The summed E-state index contributed by atoms with van der Waals surface area (Å²) in [6.07, 6.45) is 2.72. The molecule has 6 nitrogen and oxygen atoms in total. The minimum absolute atomic E-state index is 0.0716. The molecule has 0 radical (unpaired) electrons. The van der Waals surface area contributed by atoms with Crippen molar-refractivity contribution in [2.45, 2.75) is 37.3 Å². The molecule has 1 saturated carbocycles. The third-order valence-corrected chi connectivity index (χ3v) is 5.27. The zero-order valence-electron chi connectivity index (χ0n) is 13.9. The van der Waals surface area contributed by atoms with Crippen LogP contribution in [-0.2, 0) is 15.1 Å². The van der Waals surface area contributed by atoms with Gasteiger partial charge in [-0.25, -0.2) is 4.79 Å². The lowest BCUT2D eigenvalue weighted by Crippen LogP contribution is -2.64. The standard InChI is InChI=1S/C18H24N2O4/c1-24-18(14-5-3-2-4-6-14)11-20(12-18)17(23)19-15-9-7-13(8-10-15)16(21)22/h2-6,13,15H,7-12H2,1H3,(H,19,23)(H,21,22). The van der Waals surface area contributed by atoms with Gasteiger partial charge in [-0.1, -0.05) is 30.3 Å². The van der Waals surface area contributed by atoms with Gasteiger partial charge in [0, 0.05) is 13.2 Å². The van der Waals surface area contributed by atoms with Crippen LogP contribution in [0.2, 0.25) is 0 Å². The molecule has 24 heavy (non-hydrogen) atoms. The van der Waals surface area contributed by atoms with Gasteiger partial charge in [0.2, 0.25) is 0 Å². The van der Waals surface area contributed by atoms with Crippen LogP contribution in [0, 0.1) is 5.92 Å². The van der Waals surface area contributed by atoms with Crippen molar-refractivity contribution < 1.29 is 19.4 Å². The topological polar surface area (TPSA) is 78.9 Å². The molecule has 0 atom stereocenters. The number of benzene rings is 1. The molecule has 1 aliphatic heterocycles. The average molecular weight is 332 g/mol. The molecule has 1 aromatic rings. The highest BCUT2D eigenvalue weighted by atomic mass is 16.5. The summed E-state index contributed by atoms with van der Waals surface area (Å²) in [6.45, 7) is 1.06. The van der Waals surface area contributed by atoms with Gasteiger partial charge in [-0.3, -0.25) is 4.79 Å². The van der Waals surface area contributed by atoms with Crippen molar-refractivity contribution in [3.05, 3.63) is 35.9 Å². The van der Waals surface area contributed by atoms with Crippen molar-refractivity contribution >= 4 is 12.0 Å². The summed E-state index contributed by atoms with van der Waals surface area (Å²) in [7, 11) is 1.68. The first-order chi connectivity index (χ1) is 11.5. The Labute approximate surface area is 141 Å². The van der Waals surface area contributed by atoms with Crippen molar-refractivity contribution in [1.82, 2.24) is 10.2 Å². The van der Waals surface area contributed by atoms with Gasteiger partial charge in [-0.05, 0) is 31.2 Å². The lowest BCUT2D eigenvalue weighted by Gasteiger charge is -2.49. The van der Waals surface area contributed by atoms with E-state index in [2.05, 4.69) is 5.32 Å². The SMILES string of the molecule is COC1(c2ccccc2)CN(C(=O)NC2CCC(C(=O)O)CC2)C1. The van der Waals surface area contributed by atoms with Crippen molar-refractivity contribution in [2.75, 3.05) is 20.2 Å². The highest BCUT2D eigenvalue weighted by Gasteiger charge is 2.47. The van der Waals surface area contributed by atoms with Gasteiger partial charge in [-0.2, -0.15) is 0 Å². The van der Waals surface area contributed by atoms with E-state index in [1.165, 1.54) is 0 Å². The third kappa shape index (κ3) is 3.24. The summed E-state index contributed by atoms with van der Waals surface area (Å²) in [5, 5.41) is 12.1. The average Bonchev–Trinajstić information content (AvgIpc) is 2.56. The summed E-state index contributed by atoms with van der Waals surface area (Å²) in [5.41, 5.74) is 0.665. The fraction of sp³-hybridized carbons (Fsp3) is 0.556. The van der Waals surface area contributed by atoms with Crippen LogP contribution < -0.4 is 5.32 Å². The van der Waals surface area contributed by atoms with Gasteiger partial charge in [0.05, 0.1) is 19.0 Å². The first kappa shape index (κ1) is 16.8. The van der Waals surface area contributed by atoms with Gasteiger partial charge in [0.1, 0.15) is 5.60 Å². The third-order valence-electron chi connectivity index (χ3n) is 5.27. The molecule has 6 heteroatoms. The number of urea groups is 1. The van der Waals surface area contributed by atoms with Crippen LogP contribution in [0.5, 0.6) is 0 Å². The predicted molar refractivity (Wildman–Crippen MR) is 88.6 cm³/mol. The second-order valence-corrected chi connectivity index (χ2v) is 6.76. The number of carboxylic acid groups (broad SMARTS) is 1. The number of nitrogens with zero attached hydrogens (tertiary/aromatic N) is 1. The zero-order valence-corrected chi connectivity index (χ0v) is 13.9. The quantitative estimate of drug-likeness (QED) is 0.886. The molecule has 0 bridgehead atoms. The fourth-order valence-electron chi connectivity index (χ4n) is 3.64. The number of likely N-dealkylation sites (tertiary alicyclic amines) is 1. The van der Waals surface area contributed by atoms with Crippen LogP contribution in [-0.4, -0.2) is 48.2 Å². The summed E-state index contributed by atoms with van der Waals surface area (Å²) in [4.78, 5) is 25.1. The lowest BCUT2D eigenvalue weighted by atomic mass is 9.85. The number of carbonyl (C=O) groups is 2. The van der Waals surface area contributed by atoms with Crippen molar-refractivity contribution in [2.24, 2.45) is 5.92 Å². The monoisotopic (exact) mass is 332 g/mol. The van der Waals surface area contributed by atoms with Crippen LogP contribution in [0.4, 0.5) is 4.79 Å². The maximum Gasteiger partial charge on any atom is 0.317 e. The highest BCUT2D eigenvalue weighted by Crippen LogP contribution is 2.35. The number of hydrogen-bond acceptors (Lipinski definition) is 3. The Morgan fingerprint density at radius 2 is 1.79 bits per heavy atom. The summed E-state index contributed by atoms with van der Waals surface area (Å²) < 4.78 is 5.68. The molecule has 1 aliphatic carbocycles. The number of amides is 2. The molecule has 2 fully saturated rings. The number of rotatable bonds is 4. The van der Waals surface area contributed by atoms with Crippen molar-refractivity contribution in [3.8, 4) is 0 Å². The van der Waals surface area contributed by atoms with E-state index in [1.54, 1.807) is 12.0 Å². The molecule has 2 aliphatic rings. The number of hydrogen-bond donors (Lipinski definition) is 2. The molecule has 0 spiro atoms. The van der Waals surface area contributed by atoms with Crippen molar-refractivity contribution in [1.29, 1.82) is 0 Å². The predicted octanol–water partition coefficient (Wildman–Crippen LogP) is 2.20. The molecule has 1 heterocycles. The number of ether oxygens (including phenoxy) is 1. The summed E-state index contributed by atoms with van der Waals surface area (Å²) >= 11 is 0. The number of methoxy groups -OCH3 is 1. The van der Waals surface area contributed by atoms with Crippen LogP contribution in [0.15, 0.2) is 30.3 Å². The van der Waals surface area contributed by atoms with E-state index < -0.39 is 11.6 Å². The number of carboxylic acids is 1. The second kappa shape index (κ2) is 6.81. The van der Waals surface area contributed by atoms with E-state index in [9.17, 15) is 9.59 Å². The van der Waals surface area contributed by atoms with Crippen LogP contribution >= 0.6 is 0 Å². The molecule has 3 rings (SSSR count). The van der Waals surface area contributed by atoms with Crippen LogP contribution in [0.25, 0.3) is 0 Å². The van der Waals surface area contributed by atoms with E-state index in [1.807, 2.05) is 30.3 Å². The first-order valence-electron chi connectivity index (χ1n) is 8.43. The Morgan fingerprint density at radius 1 is 1.17 bits per heavy atom. The number of aliphatic carboxylic acids is 1. The molecule has 130 valence electrons. The molecule has 2 N–H and O–H groups in total. The Morgan fingerprint density at radius 3 is 2.33 bits per heavy atom. The normalized spacial score (nSPS) is 25.6. The van der Waals surface area contributed by atoms with E-state index in [0.717, 1.165) is 18.4 Å². The van der Waals surface area contributed by atoms with E-state index in [0.29, 0.717) is 25.9 Å². The van der Waals surface area contributed by atoms with E-state index in [-0.39, 0.29) is 18.0 Å². The zero-order chi connectivity index (χ0) is 17.2. The van der Waals surface area contributed by atoms with Gasteiger partial charge in [0.15, 0.2) is 0 Å². The fourth-order valence-corrected chi connectivity index (χ4v) is 3.64. The largest absolute Gasteiger partial charge is 0.481 e. The Hall–Kier alpha value is -2.08. The molecule has 1 aromatic carbocycles. The lowest BCUT2D eigenvalue weighted by molar-refractivity contribution is -0.142. The van der Waals surface area contributed by atoms with Crippen molar-refractivity contribution in [3.63, 3.8) is 0 Å². The minimum Gasteiger partial charge on any atom is -0.481 e. The molecule has 1 saturated heterocycles. The van der Waals surface area contributed by atoms with Gasteiger partial charge in [-0.15, -0.1) is 0 Å². The molecular weight excluding hydrogens is 308 g/mol. The smallest absolute Gasteiger partial charge is 0.317 e. The summed E-state index contributed by atoms with van der Waals surface area (Å²) in [5.74, 6) is -0.989. The molecule has 2 amide bonds. The van der Waals surface area contributed by atoms with E-state index in [4.69, 9.17) is 9.84 Å². The Balaban J connectivity index is 1.51. The number of carbonyl (C=O) groups excluding carboxylic acids is 1. The van der Waals surface area contributed by atoms with E-state index >= 15 is 0 Å². The van der Waals surface area contributed by atoms with Crippen LogP contribution in [0.3, 0.4) is 0 Å². The second-order valence-electron chi connectivity index (χ2n) is 6.76. The summed E-state index contributed by atoms with van der Waals surface area (Å²) in [6, 6.07) is 9.93. The number of nitrogens with one attached hydrogen (secondary N) is 1. The first-order valence-corrected chi connectivity index (χ1v) is 8.43. The van der Waals surface area contributed by atoms with Gasteiger partial charge in [0.25, 0.3) is 0 Å². The maximum absolute atomic E-state index is 12.4. The van der Waals surface area contributed by atoms with Gasteiger partial charge < -0.3 is 20.1 Å². The minimum atomic E-state index is -0.727. The molecule has 0 unspecified atom stereocenters. The maximum atomic E-state index is 12.4. The molecule has 0 aromatic heterocycles. The Kier molecular flexibility index (Phi) is 4.76. The van der Waals surface area contributed by atoms with Crippen LogP contribution in [0.1, 0.15) is 31.2 Å².